The highest BCUT2D eigenvalue weighted by Gasteiger charge is 2.03. The summed E-state index contributed by atoms with van der Waals surface area (Å²) in [6.45, 7) is 5.51. The van der Waals surface area contributed by atoms with E-state index in [2.05, 4.69) is 31.0 Å². The van der Waals surface area contributed by atoms with Gasteiger partial charge in [0.15, 0.2) is 0 Å². The molecule has 0 radical (unpaired) electrons. The Morgan fingerprint density at radius 2 is 2.06 bits per heavy atom. The molecule has 0 saturated carbocycles. The zero-order valence-corrected chi connectivity index (χ0v) is 11.8. The van der Waals surface area contributed by atoms with Crippen LogP contribution in [0.1, 0.15) is 24.5 Å². The molecule has 0 aliphatic heterocycles. The minimum atomic E-state index is 0.252. The van der Waals surface area contributed by atoms with Crippen molar-refractivity contribution in [1.29, 1.82) is 0 Å². The maximum Gasteiger partial charge on any atom is 0.131 e. The van der Waals surface area contributed by atoms with Gasteiger partial charge in [0.05, 0.1) is 7.11 Å². The number of carbonyl (C=O) groups excluding carboxylic acids is 1. The maximum absolute atomic E-state index is 10.9. The summed E-state index contributed by atoms with van der Waals surface area (Å²) in [5.74, 6) is 1.19. The molecule has 0 spiro atoms. The Bertz CT molecular complexity index is 401. The van der Waals surface area contributed by atoms with Gasteiger partial charge in [-0.15, -0.1) is 0 Å². The summed E-state index contributed by atoms with van der Waals surface area (Å²) in [6.07, 6.45) is 1.64. The molecule has 0 saturated heterocycles. The number of rotatable bonds is 7. The molecule has 0 fully saturated rings. The van der Waals surface area contributed by atoms with Crippen LogP contribution in [-0.2, 0) is 11.2 Å². The summed E-state index contributed by atoms with van der Waals surface area (Å²) in [5.41, 5.74) is 2.48. The summed E-state index contributed by atoms with van der Waals surface area (Å²) in [6, 6.07) is 6.28. The Hall–Kier alpha value is -1.35. The molecule has 100 valence electrons. The molecular formula is C15H23NO2. The summed E-state index contributed by atoms with van der Waals surface area (Å²) in [5, 5.41) is 0. The molecule has 18 heavy (non-hydrogen) atoms. The third-order valence-corrected chi connectivity index (χ3v) is 3.09. The number of methoxy groups -OCH3 is 1. The van der Waals surface area contributed by atoms with Crippen molar-refractivity contribution in [3.63, 3.8) is 0 Å². The second-order valence-corrected chi connectivity index (χ2v) is 4.81. The van der Waals surface area contributed by atoms with Gasteiger partial charge < -0.3 is 9.64 Å². The van der Waals surface area contributed by atoms with E-state index in [1.807, 2.05) is 6.07 Å². The average Bonchev–Trinajstić information content (AvgIpc) is 2.34. The first kappa shape index (κ1) is 14.7. The smallest absolute Gasteiger partial charge is 0.131 e. The largest absolute Gasteiger partial charge is 0.496 e. The number of Topliss-reactive ketones (excluding diaryl/α,β-unsaturated/α-hetero) is 1. The van der Waals surface area contributed by atoms with Crippen molar-refractivity contribution in [3.8, 4) is 5.75 Å². The van der Waals surface area contributed by atoms with Gasteiger partial charge in [-0.3, -0.25) is 4.79 Å². The second kappa shape index (κ2) is 7.17. The van der Waals surface area contributed by atoms with Crippen LogP contribution in [0.2, 0.25) is 0 Å². The summed E-state index contributed by atoms with van der Waals surface area (Å²) < 4.78 is 5.24. The third kappa shape index (κ3) is 4.88. The number of benzene rings is 1. The van der Waals surface area contributed by atoms with Crippen molar-refractivity contribution in [2.45, 2.75) is 26.7 Å². The number of hydrogen-bond donors (Lipinski definition) is 0. The minimum absolute atomic E-state index is 0.252. The number of likely N-dealkylation sites (N-methyl/N-ethyl adjacent to an activating group) is 1. The van der Waals surface area contributed by atoms with Gasteiger partial charge in [0.1, 0.15) is 11.5 Å². The highest BCUT2D eigenvalue weighted by molar-refractivity contribution is 5.75. The van der Waals surface area contributed by atoms with Crippen LogP contribution >= 0.6 is 0 Å². The molecule has 1 aromatic rings. The quantitative estimate of drug-likeness (QED) is 0.743. The zero-order valence-electron chi connectivity index (χ0n) is 11.8. The Morgan fingerprint density at radius 1 is 1.33 bits per heavy atom. The number of ether oxygens (including phenoxy) is 1. The predicted octanol–water partition coefficient (Wildman–Crippen LogP) is 2.46. The van der Waals surface area contributed by atoms with Gasteiger partial charge in [-0.2, -0.15) is 0 Å². The molecule has 1 aromatic carbocycles. The Kier molecular flexibility index (Phi) is 5.86. The summed E-state index contributed by atoms with van der Waals surface area (Å²) in [4.78, 5) is 13.1. The van der Waals surface area contributed by atoms with E-state index in [1.165, 1.54) is 11.1 Å². The highest BCUT2D eigenvalue weighted by Crippen LogP contribution is 2.18. The molecule has 0 bridgehead atoms. The first-order valence-corrected chi connectivity index (χ1v) is 6.34. The van der Waals surface area contributed by atoms with Crippen molar-refractivity contribution < 1.29 is 9.53 Å². The van der Waals surface area contributed by atoms with Crippen LogP contribution in [0.5, 0.6) is 5.75 Å². The zero-order chi connectivity index (χ0) is 13.5. The van der Waals surface area contributed by atoms with Crippen molar-refractivity contribution in [3.05, 3.63) is 29.3 Å². The molecular weight excluding hydrogens is 226 g/mol. The van der Waals surface area contributed by atoms with Gasteiger partial charge in [-0.05, 0) is 44.5 Å². The van der Waals surface area contributed by atoms with E-state index in [0.717, 1.165) is 25.3 Å². The van der Waals surface area contributed by atoms with Crippen LogP contribution in [0, 0.1) is 6.92 Å². The van der Waals surface area contributed by atoms with Crippen LogP contribution in [0.25, 0.3) is 0 Å². The van der Waals surface area contributed by atoms with Gasteiger partial charge in [-0.1, -0.05) is 12.1 Å². The minimum Gasteiger partial charge on any atom is -0.496 e. The fraction of sp³-hybridized carbons (Fsp3) is 0.533. The van der Waals surface area contributed by atoms with Crippen molar-refractivity contribution in [2.24, 2.45) is 0 Å². The van der Waals surface area contributed by atoms with Crippen LogP contribution < -0.4 is 4.74 Å². The average molecular weight is 249 g/mol. The molecule has 0 atom stereocenters. The van der Waals surface area contributed by atoms with E-state index in [1.54, 1.807) is 14.0 Å². The molecule has 0 heterocycles. The number of aryl methyl sites for hydroxylation is 1. The van der Waals surface area contributed by atoms with Gasteiger partial charge >= 0.3 is 0 Å². The Morgan fingerprint density at radius 3 is 2.61 bits per heavy atom. The van der Waals surface area contributed by atoms with Crippen LogP contribution in [0.4, 0.5) is 0 Å². The second-order valence-electron chi connectivity index (χ2n) is 4.81. The maximum atomic E-state index is 10.9. The van der Waals surface area contributed by atoms with E-state index < -0.39 is 0 Å². The monoisotopic (exact) mass is 249 g/mol. The molecule has 1 rings (SSSR count). The van der Waals surface area contributed by atoms with Gasteiger partial charge in [0, 0.05) is 19.5 Å². The van der Waals surface area contributed by atoms with E-state index in [4.69, 9.17) is 4.74 Å². The Balaban J connectivity index is 2.43. The number of carbonyl (C=O) groups is 1. The lowest BCUT2D eigenvalue weighted by molar-refractivity contribution is -0.117. The molecule has 0 amide bonds. The molecule has 0 N–H and O–H groups in total. The van der Waals surface area contributed by atoms with Crippen LogP contribution in [0.15, 0.2) is 18.2 Å². The Labute approximate surface area is 110 Å². The number of hydrogen-bond acceptors (Lipinski definition) is 3. The first-order valence-electron chi connectivity index (χ1n) is 6.34. The predicted molar refractivity (Wildman–Crippen MR) is 74.2 cm³/mol. The van der Waals surface area contributed by atoms with E-state index >= 15 is 0 Å². The lowest BCUT2D eigenvalue weighted by atomic mass is 10.1. The van der Waals surface area contributed by atoms with Crippen LogP contribution in [0.3, 0.4) is 0 Å². The fourth-order valence-electron chi connectivity index (χ4n) is 1.88. The lowest BCUT2D eigenvalue weighted by Crippen LogP contribution is -2.23. The molecule has 0 aliphatic rings. The SMILES string of the molecule is COc1ccc(CCN(C)CCC(C)=O)cc1C. The van der Waals surface area contributed by atoms with Crippen molar-refractivity contribution >= 4 is 5.78 Å². The summed E-state index contributed by atoms with van der Waals surface area (Å²) >= 11 is 0. The lowest BCUT2D eigenvalue weighted by Gasteiger charge is -2.16. The van der Waals surface area contributed by atoms with Crippen LogP contribution in [-0.4, -0.2) is 37.9 Å². The molecule has 0 aromatic heterocycles. The van der Waals surface area contributed by atoms with Gasteiger partial charge in [0.2, 0.25) is 0 Å². The normalized spacial score (nSPS) is 10.7. The van der Waals surface area contributed by atoms with Crippen molar-refractivity contribution in [1.82, 2.24) is 4.90 Å². The van der Waals surface area contributed by atoms with Crippen molar-refractivity contribution in [2.75, 3.05) is 27.2 Å². The van der Waals surface area contributed by atoms with E-state index in [0.29, 0.717) is 6.42 Å². The number of nitrogens with zero attached hydrogens (tertiary/aromatic N) is 1. The molecule has 3 heteroatoms. The molecule has 0 unspecified atom stereocenters. The topological polar surface area (TPSA) is 29.5 Å². The van der Waals surface area contributed by atoms with E-state index in [9.17, 15) is 4.79 Å². The molecule has 3 nitrogen and oxygen atoms in total. The number of ketones is 1. The third-order valence-electron chi connectivity index (χ3n) is 3.09. The highest BCUT2D eigenvalue weighted by atomic mass is 16.5. The first-order chi connectivity index (χ1) is 8.52. The van der Waals surface area contributed by atoms with Gasteiger partial charge in [0.25, 0.3) is 0 Å². The fourth-order valence-corrected chi connectivity index (χ4v) is 1.88. The van der Waals surface area contributed by atoms with Gasteiger partial charge in [-0.25, -0.2) is 0 Å². The van der Waals surface area contributed by atoms with E-state index in [-0.39, 0.29) is 5.78 Å². The summed E-state index contributed by atoms with van der Waals surface area (Å²) in [7, 11) is 3.75. The standard InChI is InChI=1S/C15H23NO2/c1-12-11-14(5-6-15(12)18-4)8-10-16(3)9-7-13(2)17/h5-6,11H,7-10H2,1-4H3. The molecule has 0 aliphatic carbocycles.